The van der Waals surface area contributed by atoms with Crippen LogP contribution in [-0.4, -0.2) is 24.1 Å². The second-order valence-electron chi connectivity index (χ2n) is 5.22. The van der Waals surface area contributed by atoms with Crippen molar-refractivity contribution in [3.63, 3.8) is 0 Å². The molecule has 19 heavy (non-hydrogen) atoms. The highest BCUT2D eigenvalue weighted by Crippen LogP contribution is 2.30. The molecule has 0 atom stereocenters. The molecular formula is C15H21N3O. The van der Waals surface area contributed by atoms with E-state index in [1.165, 1.54) is 5.56 Å². The topological polar surface area (TPSA) is 49.9 Å². The van der Waals surface area contributed by atoms with Crippen LogP contribution < -0.4 is 10.1 Å². The van der Waals surface area contributed by atoms with Gasteiger partial charge in [-0.2, -0.15) is 0 Å². The Hall–Kier alpha value is -1.81. The first-order valence-corrected chi connectivity index (χ1v) is 6.37. The Morgan fingerprint density at radius 2 is 2.05 bits per heavy atom. The third kappa shape index (κ3) is 2.63. The molecule has 2 aromatic rings. The van der Waals surface area contributed by atoms with Crippen LogP contribution >= 0.6 is 0 Å². The first kappa shape index (κ1) is 13.6. The zero-order chi connectivity index (χ0) is 14.0. The summed E-state index contributed by atoms with van der Waals surface area (Å²) in [5.41, 5.74) is 3.02. The van der Waals surface area contributed by atoms with Gasteiger partial charge < -0.3 is 15.0 Å². The van der Waals surface area contributed by atoms with Gasteiger partial charge in [0.15, 0.2) is 0 Å². The van der Waals surface area contributed by atoms with E-state index >= 15 is 0 Å². The number of rotatable bonds is 4. The molecule has 0 amide bonds. The minimum atomic E-state index is -0.185. The van der Waals surface area contributed by atoms with E-state index in [-0.39, 0.29) is 5.54 Å². The minimum Gasteiger partial charge on any atom is -0.496 e. The molecule has 0 saturated heterocycles. The largest absolute Gasteiger partial charge is 0.496 e. The van der Waals surface area contributed by atoms with Crippen LogP contribution in [0.2, 0.25) is 0 Å². The molecule has 0 radical (unpaired) electrons. The standard InChI is InChI=1S/C15H21N3O/c1-10-6-7-13(19-5)11(8-10)12-9-17-14(18-12)15(2,3)16-4/h6-9,16H,1-5H3,(H,17,18). The van der Waals surface area contributed by atoms with Crippen LogP contribution in [0.5, 0.6) is 5.75 Å². The van der Waals surface area contributed by atoms with E-state index in [9.17, 15) is 0 Å². The van der Waals surface area contributed by atoms with Crippen molar-refractivity contribution in [2.75, 3.05) is 14.2 Å². The van der Waals surface area contributed by atoms with Gasteiger partial charge in [0, 0.05) is 5.56 Å². The summed E-state index contributed by atoms with van der Waals surface area (Å²) in [6, 6.07) is 6.12. The summed E-state index contributed by atoms with van der Waals surface area (Å²) in [5.74, 6) is 1.76. The third-order valence-corrected chi connectivity index (χ3v) is 3.44. The first-order chi connectivity index (χ1) is 8.97. The number of nitrogens with one attached hydrogen (secondary N) is 2. The summed E-state index contributed by atoms with van der Waals surface area (Å²) in [4.78, 5) is 7.84. The van der Waals surface area contributed by atoms with Gasteiger partial charge in [-0.25, -0.2) is 4.98 Å². The van der Waals surface area contributed by atoms with Crippen LogP contribution in [0.25, 0.3) is 11.3 Å². The van der Waals surface area contributed by atoms with E-state index in [0.29, 0.717) is 0 Å². The van der Waals surface area contributed by atoms with Gasteiger partial charge in [-0.15, -0.1) is 0 Å². The van der Waals surface area contributed by atoms with Gasteiger partial charge in [0.05, 0.1) is 24.5 Å². The Morgan fingerprint density at radius 3 is 2.68 bits per heavy atom. The van der Waals surface area contributed by atoms with Crippen molar-refractivity contribution in [2.24, 2.45) is 0 Å². The van der Waals surface area contributed by atoms with Gasteiger partial charge in [0.25, 0.3) is 0 Å². The molecule has 0 unspecified atom stereocenters. The number of methoxy groups -OCH3 is 1. The third-order valence-electron chi connectivity index (χ3n) is 3.44. The number of aryl methyl sites for hydroxylation is 1. The monoisotopic (exact) mass is 259 g/mol. The summed E-state index contributed by atoms with van der Waals surface area (Å²) in [7, 11) is 3.61. The van der Waals surface area contributed by atoms with Crippen LogP contribution in [0, 0.1) is 6.92 Å². The molecule has 4 heteroatoms. The fraction of sp³-hybridized carbons (Fsp3) is 0.400. The Kier molecular flexibility index (Phi) is 3.62. The molecular weight excluding hydrogens is 238 g/mol. The average molecular weight is 259 g/mol. The van der Waals surface area contributed by atoms with Crippen LogP contribution in [0.4, 0.5) is 0 Å². The van der Waals surface area contributed by atoms with E-state index < -0.39 is 0 Å². The van der Waals surface area contributed by atoms with Crippen molar-refractivity contribution in [2.45, 2.75) is 26.3 Å². The van der Waals surface area contributed by atoms with Crippen molar-refractivity contribution in [1.82, 2.24) is 15.3 Å². The maximum absolute atomic E-state index is 5.41. The molecule has 0 bridgehead atoms. The lowest BCUT2D eigenvalue weighted by Crippen LogP contribution is -2.34. The molecule has 0 spiro atoms. The predicted octanol–water partition coefficient (Wildman–Crippen LogP) is 2.85. The number of H-pyrrole nitrogens is 1. The van der Waals surface area contributed by atoms with Crippen molar-refractivity contribution in [1.29, 1.82) is 0 Å². The highest BCUT2D eigenvalue weighted by atomic mass is 16.5. The molecule has 1 heterocycles. The number of hydrogen-bond donors (Lipinski definition) is 2. The second kappa shape index (κ2) is 5.05. The molecule has 1 aromatic carbocycles. The number of aromatic nitrogens is 2. The Labute approximate surface area is 114 Å². The predicted molar refractivity (Wildman–Crippen MR) is 77.4 cm³/mol. The van der Waals surface area contributed by atoms with Gasteiger partial charge in [0.2, 0.25) is 0 Å². The highest BCUT2D eigenvalue weighted by molar-refractivity contribution is 5.67. The SMILES string of the molecule is CNC(C)(C)c1ncc(-c2cc(C)ccc2OC)[nH]1. The lowest BCUT2D eigenvalue weighted by Gasteiger charge is -2.20. The normalized spacial score (nSPS) is 11.6. The summed E-state index contributed by atoms with van der Waals surface area (Å²) in [6.45, 7) is 6.24. The van der Waals surface area contributed by atoms with Gasteiger partial charge in [-0.3, -0.25) is 0 Å². The van der Waals surface area contributed by atoms with Gasteiger partial charge in [0.1, 0.15) is 11.6 Å². The average Bonchev–Trinajstić information content (AvgIpc) is 2.89. The summed E-state index contributed by atoms with van der Waals surface area (Å²) in [6.07, 6.45) is 1.85. The molecule has 0 saturated carbocycles. The molecule has 0 aliphatic rings. The number of hydrogen-bond acceptors (Lipinski definition) is 3. The van der Waals surface area contributed by atoms with E-state index in [1.807, 2.05) is 25.4 Å². The van der Waals surface area contributed by atoms with Crippen LogP contribution in [0.1, 0.15) is 25.2 Å². The number of benzene rings is 1. The molecule has 4 nitrogen and oxygen atoms in total. The maximum atomic E-state index is 5.41. The second-order valence-corrected chi connectivity index (χ2v) is 5.22. The van der Waals surface area contributed by atoms with Gasteiger partial charge in [-0.05, 0) is 40.0 Å². The zero-order valence-corrected chi connectivity index (χ0v) is 12.2. The Morgan fingerprint density at radius 1 is 1.32 bits per heavy atom. The van der Waals surface area contributed by atoms with Crippen molar-refractivity contribution >= 4 is 0 Å². The number of ether oxygens (including phenoxy) is 1. The summed E-state index contributed by atoms with van der Waals surface area (Å²) < 4.78 is 5.41. The molecule has 2 rings (SSSR count). The van der Waals surface area contributed by atoms with Crippen molar-refractivity contribution < 1.29 is 4.74 Å². The maximum Gasteiger partial charge on any atom is 0.128 e. The lowest BCUT2D eigenvalue weighted by atomic mass is 10.1. The fourth-order valence-electron chi connectivity index (χ4n) is 1.93. The van der Waals surface area contributed by atoms with E-state index in [0.717, 1.165) is 22.8 Å². The quantitative estimate of drug-likeness (QED) is 0.887. The van der Waals surface area contributed by atoms with Crippen LogP contribution in [-0.2, 0) is 5.54 Å². The zero-order valence-electron chi connectivity index (χ0n) is 12.2. The molecule has 0 aliphatic carbocycles. The smallest absolute Gasteiger partial charge is 0.128 e. The van der Waals surface area contributed by atoms with E-state index in [4.69, 9.17) is 4.74 Å². The highest BCUT2D eigenvalue weighted by Gasteiger charge is 2.22. The minimum absolute atomic E-state index is 0.185. The molecule has 2 N–H and O–H groups in total. The first-order valence-electron chi connectivity index (χ1n) is 6.37. The fourth-order valence-corrected chi connectivity index (χ4v) is 1.93. The summed E-state index contributed by atoms with van der Waals surface area (Å²) in [5, 5.41) is 3.24. The molecule has 1 aromatic heterocycles. The Bertz CT molecular complexity index is 573. The summed E-state index contributed by atoms with van der Waals surface area (Å²) >= 11 is 0. The van der Waals surface area contributed by atoms with E-state index in [1.54, 1.807) is 7.11 Å². The van der Waals surface area contributed by atoms with Gasteiger partial charge in [-0.1, -0.05) is 11.6 Å². The van der Waals surface area contributed by atoms with Crippen LogP contribution in [0.3, 0.4) is 0 Å². The van der Waals surface area contributed by atoms with Crippen molar-refractivity contribution in [3.8, 4) is 17.0 Å². The molecule has 0 fully saturated rings. The number of nitrogens with zero attached hydrogens (tertiary/aromatic N) is 1. The number of imidazole rings is 1. The van der Waals surface area contributed by atoms with Crippen LogP contribution in [0.15, 0.2) is 24.4 Å². The van der Waals surface area contributed by atoms with Crippen molar-refractivity contribution in [3.05, 3.63) is 35.8 Å². The Balaban J connectivity index is 2.46. The molecule has 0 aliphatic heterocycles. The lowest BCUT2D eigenvalue weighted by molar-refractivity contribution is 0.415. The molecule has 102 valence electrons. The van der Waals surface area contributed by atoms with Gasteiger partial charge >= 0.3 is 0 Å². The van der Waals surface area contributed by atoms with E-state index in [2.05, 4.69) is 42.1 Å². The number of aromatic amines is 1.